The van der Waals surface area contributed by atoms with E-state index in [9.17, 15) is 22.4 Å². The molecular weight excluding hydrogens is 308 g/mol. The third-order valence-corrected chi connectivity index (χ3v) is 3.08. The summed E-state index contributed by atoms with van der Waals surface area (Å²) in [7, 11) is 0. The standard InChI is InChI=1S/C15H9ClF4O/c16-11-4-5-13(17)12(8-11)14(21)7-9-2-1-3-10(6-9)15(18,19)20/h1-6,8H,7H2. The van der Waals surface area contributed by atoms with Crippen LogP contribution in [0.2, 0.25) is 5.02 Å². The summed E-state index contributed by atoms with van der Waals surface area (Å²) in [6, 6.07) is 7.87. The summed E-state index contributed by atoms with van der Waals surface area (Å²) in [5.74, 6) is -1.38. The van der Waals surface area contributed by atoms with Gasteiger partial charge in [0.05, 0.1) is 11.1 Å². The number of ketones is 1. The van der Waals surface area contributed by atoms with Gasteiger partial charge >= 0.3 is 6.18 Å². The SMILES string of the molecule is O=C(Cc1cccc(C(F)(F)F)c1)c1cc(Cl)ccc1F. The van der Waals surface area contributed by atoms with E-state index in [0.717, 1.165) is 24.3 Å². The lowest BCUT2D eigenvalue weighted by atomic mass is 10.0. The first-order chi connectivity index (χ1) is 9.77. The van der Waals surface area contributed by atoms with Gasteiger partial charge in [-0.2, -0.15) is 13.2 Å². The van der Waals surface area contributed by atoms with Gasteiger partial charge in [0.2, 0.25) is 0 Å². The van der Waals surface area contributed by atoms with E-state index in [0.29, 0.717) is 0 Å². The molecule has 0 aromatic heterocycles. The summed E-state index contributed by atoms with van der Waals surface area (Å²) < 4.78 is 51.3. The number of alkyl halides is 3. The molecule has 0 unspecified atom stereocenters. The van der Waals surface area contributed by atoms with Crippen molar-refractivity contribution in [2.24, 2.45) is 0 Å². The van der Waals surface area contributed by atoms with Crippen LogP contribution in [-0.2, 0) is 12.6 Å². The molecule has 0 aliphatic heterocycles. The zero-order chi connectivity index (χ0) is 15.6. The van der Waals surface area contributed by atoms with Gasteiger partial charge in [-0.25, -0.2) is 4.39 Å². The lowest BCUT2D eigenvalue weighted by Gasteiger charge is -2.09. The van der Waals surface area contributed by atoms with Crippen molar-refractivity contribution in [1.82, 2.24) is 0 Å². The van der Waals surface area contributed by atoms with Crippen molar-refractivity contribution in [3.05, 3.63) is 70.0 Å². The highest BCUT2D eigenvalue weighted by molar-refractivity contribution is 6.31. The van der Waals surface area contributed by atoms with Crippen LogP contribution in [0.4, 0.5) is 17.6 Å². The first-order valence-electron chi connectivity index (χ1n) is 5.92. The molecule has 110 valence electrons. The van der Waals surface area contributed by atoms with Crippen molar-refractivity contribution in [3.63, 3.8) is 0 Å². The van der Waals surface area contributed by atoms with E-state index in [1.165, 1.54) is 18.2 Å². The van der Waals surface area contributed by atoms with Crippen molar-refractivity contribution in [3.8, 4) is 0 Å². The Morgan fingerprint density at radius 2 is 1.81 bits per heavy atom. The lowest BCUT2D eigenvalue weighted by molar-refractivity contribution is -0.137. The summed E-state index contributed by atoms with van der Waals surface area (Å²) in [6.07, 6.45) is -4.82. The fourth-order valence-corrected chi connectivity index (χ4v) is 2.02. The molecule has 0 aliphatic rings. The summed E-state index contributed by atoms with van der Waals surface area (Å²) >= 11 is 5.68. The molecule has 2 aromatic rings. The van der Waals surface area contributed by atoms with Crippen LogP contribution in [0.3, 0.4) is 0 Å². The Balaban J connectivity index is 2.26. The molecular formula is C15H9ClF4O. The van der Waals surface area contributed by atoms with E-state index < -0.39 is 23.3 Å². The second kappa shape index (κ2) is 5.85. The third kappa shape index (κ3) is 3.82. The van der Waals surface area contributed by atoms with Gasteiger partial charge in [0, 0.05) is 11.4 Å². The van der Waals surface area contributed by atoms with E-state index in [-0.39, 0.29) is 22.6 Å². The maximum atomic E-state index is 13.5. The van der Waals surface area contributed by atoms with Crippen LogP contribution in [0.5, 0.6) is 0 Å². The van der Waals surface area contributed by atoms with Crippen molar-refractivity contribution < 1.29 is 22.4 Å². The van der Waals surface area contributed by atoms with Gasteiger partial charge in [-0.3, -0.25) is 4.79 Å². The zero-order valence-electron chi connectivity index (χ0n) is 10.5. The Hall–Kier alpha value is -1.88. The molecule has 0 aliphatic carbocycles. The second-order valence-corrected chi connectivity index (χ2v) is 4.86. The van der Waals surface area contributed by atoms with Gasteiger partial charge in [0.1, 0.15) is 5.82 Å². The molecule has 0 saturated heterocycles. The molecule has 0 atom stereocenters. The number of hydrogen-bond donors (Lipinski definition) is 0. The fourth-order valence-electron chi connectivity index (χ4n) is 1.85. The van der Waals surface area contributed by atoms with Gasteiger partial charge in [0.15, 0.2) is 5.78 Å². The Morgan fingerprint density at radius 3 is 2.48 bits per heavy atom. The van der Waals surface area contributed by atoms with Crippen LogP contribution < -0.4 is 0 Å². The van der Waals surface area contributed by atoms with E-state index >= 15 is 0 Å². The highest BCUT2D eigenvalue weighted by Crippen LogP contribution is 2.29. The largest absolute Gasteiger partial charge is 0.416 e. The smallest absolute Gasteiger partial charge is 0.294 e. The summed E-state index contributed by atoms with van der Waals surface area (Å²) in [6.45, 7) is 0. The van der Waals surface area contributed by atoms with Gasteiger partial charge in [0.25, 0.3) is 0 Å². The Labute approximate surface area is 123 Å². The number of Topliss-reactive ketones (excluding diaryl/α,β-unsaturated/α-hetero) is 1. The Bertz CT molecular complexity index is 680. The maximum Gasteiger partial charge on any atom is 0.416 e. The topological polar surface area (TPSA) is 17.1 Å². The van der Waals surface area contributed by atoms with Crippen LogP contribution in [0.1, 0.15) is 21.5 Å². The van der Waals surface area contributed by atoms with Crippen LogP contribution >= 0.6 is 11.6 Å². The molecule has 0 radical (unpaired) electrons. The molecule has 0 saturated carbocycles. The number of hydrogen-bond acceptors (Lipinski definition) is 1. The van der Waals surface area contributed by atoms with E-state index in [4.69, 9.17) is 11.6 Å². The molecule has 2 aromatic carbocycles. The van der Waals surface area contributed by atoms with Gasteiger partial charge in [-0.05, 0) is 29.8 Å². The van der Waals surface area contributed by atoms with Crippen LogP contribution in [0.25, 0.3) is 0 Å². The molecule has 0 heterocycles. The van der Waals surface area contributed by atoms with Crippen LogP contribution in [0, 0.1) is 5.82 Å². The summed E-state index contributed by atoms with van der Waals surface area (Å²) in [5, 5.41) is 0.184. The fraction of sp³-hybridized carbons (Fsp3) is 0.133. The molecule has 6 heteroatoms. The van der Waals surface area contributed by atoms with Crippen LogP contribution in [0.15, 0.2) is 42.5 Å². The van der Waals surface area contributed by atoms with Gasteiger partial charge in [-0.1, -0.05) is 29.8 Å². The molecule has 0 spiro atoms. The minimum atomic E-state index is -4.49. The number of carbonyl (C=O) groups excluding carboxylic acids is 1. The third-order valence-electron chi connectivity index (χ3n) is 2.85. The van der Waals surface area contributed by atoms with Crippen molar-refractivity contribution >= 4 is 17.4 Å². The number of benzene rings is 2. The first kappa shape index (κ1) is 15.5. The quantitative estimate of drug-likeness (QED) is 0.580. The minimum Gasteiger partial charge on any atom is -0.294 e. The van der Waals surface area contributed by atoms with Gasteiger partial charge in [-0.15, -0.1) is 0 Å². The molecule has 0 fully saturated rings. The van der Waals surface area contributed by atoms with Gasteiger partial charge < -0.3 is 0 Å². The minimum absolute atomic E-state index is 0.161. The Kier molecular flexibility index (Phi) is 4.32. The summed E-state index contributed by atoms with van der Waals surface area (Å²) in [4.78, 5) is 12.0. The monoisotopic (exact) mass is 316 g/mol. The average Bonchev–Trinajstić information content (AvgIpc) is 2.41. The van der Waals surface area contributed by atoms with Crippen molar-refractivity contribution in [2.75, 3.05) is 0 Å². The first-order valence-corrected chi connectivity index (χ1v) is 6.29. The van der Waals surface area contributed by atoms with E-state index in [1.807, 2.05) is 0 Å². The molecule has 1 nitrogen and oxygen atoms in total. The van der Waals surface area contributed by atoms with E-state index in [1.54, 1.807) is 0 Å². The zero-order valence-corrected chi connectivity index (χ0v) is 11.3. The highest BCUT2D eigenvalue weighted by atomic mass is 35.5. The van der Waals surface area contributed by atoms with Crippen molar-refractivity contribution in [2.45, 2.75) is 12.6 Å². The molecule has 21 heavy (non-hydrogen) atoms. The summed E-state index contributed by atoms with van der Waals surface area (Å²) in [5.41, 5.74) is -0.923. The normalized spacial score (nSPS) is 11.5. The number of halogens is 5. The predicted octanol–water partition coefficient (Wildman–Crippen LogP) is 4.92. The highest BCUT2D eigenvalue weighted by Gasteiger charge is 2.30. The van der Waals surface area contributed by atoms with E-state index in [2.05, 4.69) is 0 Å². The second-order valence-electron chi connectivity index (χ2n) is 4.42. The number of rotatable bonds is 3. The molecule has 0 amide bonds. The number of carbonyl (C=O) groups is 1. The molecule has 0 bridgehead atoms. The van der Waals surface area contributed by atoms with Crippen LogP contribution in [-0.4, -0.2) is 5.78 Å². The molecule has 2 rings (SSSR count). The Morgan fingerprint density at radius 1 is 1.10 bits per heavy atom. The maximum absolute atomic E-state index is 13.5. The molecule has 0 N–H and O–H groups in total. The average molecular weight is 317 g/mol. The van der Waals surface area contributed by atoms with Crippen molar-refractivity contribution in [1.29, 1.82) is 0 Å². The predicted molar refractivity (Wildman–Crippen MR) is 70.9 cm³/mol. The lowest BCUT2D eigenvalue weighted by Crippen LogP contribution is -2.09.